The number of hydrogen-bond donors (Lipinski definition) is 3. The second kappa shape index (κ2) is 13.9. The van der Waals surface area contributed by atoms with Crippen LogP contribution in [0.5, 0.6) is 5.75 Å². The molecule has 0 unspecified atom stereocenters. The van der Waals surface area contributed by atoms with Crippen molar-refractivity contribution < 1.29 is 14.3 Å². The van der Waals surface area contributed by atoms with Gasteiger partial charge in [-0.2, -0.15) is 0 Å². The van der Waals surface area contributed by atoms with Crippen LogP contribution >= 0.6 is 28.1 Å². The Morgan fingerprint density at radius 2 is 1.81 bits per heavy atom. The number of thiocarbonyl (C=S) groups is 1. The topological polar surface area (TPSA) is 79.5 Å². The third-order valence-corrected chi connectivity index (χ3v) is 5.28. The van der Waals surface area contributed by atoms with Crippen molar-refractivity contribution in [2.75, 3.05) is 18.5 Å². The molecule has 3 N–H and O–H groups in total. The van der Waals surface area contributed by atoms with E-state index >= 15 is 0 Å². The van der Waals surface area contributed by atoms with E-state index < -0.39 is 0 Å². The van der Waals surface area contributed by atoms with Crippen LogP contribution in [-0.2, 0) is 0 Å². The van der Waals surface area contributed by atoms with E-state index in [0.717, 1.165) is 30.2 Å². The number of rotatable bonds is 11. The molecule has 0 aliphatic carbocycles. The summed E-state index contributed by atoms with van der Waals surface area (Å²) in [6, 6.07) is 12.3. The van der Waals surface area contributed by atoms with Crippen molar-refractivity contribution in [2.45, 2.75) is 46.0 Å². The maximum absolute atomic E-state index is 12.8. The maximum Gasteiger partial charge on any atom is 0.261 e. The van der Waals surface area contributed by atoms with Crippen LogP contribution < -0.4 is 20.7 Å². The molecule has 0 saturated heterocycles. The van der Waals surface area contributed by atoms with Crippen molar-refractivity contribution in [3.8, 4) is 5.75 Å². The van der Waals surface area contributed by atoms with Gasteiger partial charge in [0.1, 0.15) is 5.75 Å². The molecule has 2 aromatic rings. The summed E-state index contributed by atoms with van der Waals surface area (Å²) in [6.45, 7) is 5.32. The Kier molecular flexibility index (Phi) is 11.2. The summed E-state index contributed by atoms with van der Waals surface area (Å²) in [7, 11) is 0. The highest BCUT2D eigenvalue weighted by Gasteiger charge is 2.15. The number of benzene rings is 2. The summed E-state index contributed by atoms with van der Waals surface area (Å²) in [5, 5.41) is 8.62. The van der Waals surface area contributed by atoms with E-state index in [1.807, 2.05) is 13.0 Å². The largest absolute Gasteiger partial charge is 0.493 e. The summed E-state index contributed by atoms with van der Waals surface area (Å²) in [4.78, 5) is 25.0. The van der Waals surface area contributed by atoms with E-state index in [-0.39, 0.29) is 16.9 Å². The van der Waals surface area contributed by atoms with E-state index in [9.17, 15) is 9.59 Å². The van der Waals surface area contributed by atoms with E-state index in [4.69, 9.17) is 17.0 Å². The number of carbonyl (C=O) groups excluding carboxylic acids is 2. The second-order valence-corrected chi connectivity index (χ2v) is 8.62. The van der Waals surface area contributed by atoms with Gasteiger partial charge in [0, 0.05) is 22.3 Å². The van der Waals surface area contributed by atoms with Crippen LogP contribution in [0.3, 0.4) is 0 Å². The first-order chi connectivity index (χ1) is 15.4. The Morgan fingerprint density at radius 3 is 2.56 bits per heavy atom. The van der Waals surface area contributed by atoms with Crippen LogP contribution in [0.15, 0.2) is 46.9 Å². The molecule has 0 radical (unpaired) electrons. The van der Waals surface area contributed by atoms with E-state index in [2.05, 4.69) is 38.8 Å². The number of anilines is 1. The number of nitrogens with one attached hydrogen (secondary N) is 3. The van der Waals surface area contributed by atoms with Crippen LogP contribution in [0, 0.1) is 0 Å². The number of hydrogen-bond acceptors (Lipinski definition) is 4. The fourth-order valence-electron chi connectivity index (χ4n) is 2.93. The minimum Gasteiger partial charge on any atom is -0.493 e. The number of halogens is 1. The van der Waals surface area contributed by atoms with Crippen LogP contribution in [0.1, 0.15) is 66.7 Å². The molecule has 6 nitrogen and oxygen atoms in total. The van der Waals surface area contributed by atoms with Gasteiger partial charge in [-0.25, -0.2) is 0 Å². The molecule has 0 bridgehead atoms. The van der Waals surface area contributed by atoms with Crippen molar-refractivity contribution in [1.29, 1.82) is 0 Å². The van der Waals surface area contributed by atoms with Gasteiger partial charge in [0.2, 0.25) is 0 Å². The molecule has 8 heteroatoms. The molecule has 0 saturated carbocycles. The fraction of sp³-hybridized carbons (Fsp3) is 0.375. The molecular weight excluding hydrogens is 490 g/mol. The maximum atomic E-state index is 12.8. The van der Waals surface area contributed by atoms with Crippen molar-refractivity contribution in [3.63, 3.8) is 0 Å². The van der Waals surface area contributed by atoms with Gasteiger partial charge in [-0.1, -0.05) is 55.1 Å². The first-order valence-corrected chi connectivity index (χ1v) is 12.1. The van der Waals surface area contributed by atoms with Crippen LogP contribution in [0.25, 0.3) is 0 Å². The summed E-state index contributed by atoms with van der Waals surface area (Å²) >= 11 is 8.71. The van der Waals surface area contributed by atoms with Gasteiger partial charge in [-0.05, 0) is 61.5 Å². The Labute approximate surface area is 203 Å². The first-order valence-electron chi connectivity index (χ1n) is 10.9. The van der Waals surface area contributed by atoms with Gasteiger partial charge in [-0.15, -0.1) is 0 Å². The quantitative estimate of drug-likeness (QED) is 0.263. The number of unbranched alkanes of at least 4 members (excludes halogenated alkanes) is 3. The fourth-order valence-corrected chi connectivity index (χ4v) is 3.50. The standard InChI is InChI=1S/C24H30BrN3O3S/c1-3-5-6-7-14-31-21-12-11-18(25)16-20(21)23(30)28-24(32)27-19-10-8-9-17(15-19)22(29)26-13-4-2/h8-12,15-16H,3-7,13-14H2,1-2H3,(H,26,29)(H2,27,28,30,32). The monoisotopic (exact) mass is 519 g/mol. The first kappa shape index (κ1) is 25.8. The van der Waals surface area contributed by atoms with Crippen molar-refractivity contribution in [1.82, 2.24) is 10.6 Å². The van der Waals surface area contributed by atoms with Gasteiger partial charge in [0.15, 0.2) is 5.11 Å². The average Bonchev–Trinajstić information content (AvgIpc) is 2.78. The highest BCUT2D eigenvalue weighted by Crippen LogP contribution is 2.24. The smallest absolute Gasteiger partial charge is 0.261 e. The van der Waals surface area contributed by atoms with Gasteiger partial charge in [0.25, 0.3) is 11.8 Å². The van der Waals surface area contributed by atoms with E-state index in [0.29, 0.717) is 35.7 Å². The SMILES string of the molecule is CCCCCCOc1ccc(Br)cc1C(=O)NC(=S)Nc1cccc(C(=O)NCCC)c1. The number of amides is 2. The zero-order valence-electron chi connectivity index (χ0n) is 18.5. The Hall–Kier alpha value is -2.45. The molecular formula is C24H30BrN3O3S. The molecule has 172 valence electrons. The van der Waals surface area contributed by atoms with Crippen LogP contribution in [0.4, 0.5) is 5.69 Å². The summed E-state index contributed by atoms with van der Waals surface area (Å²) < 4.78 is 6.61. The summed E-state index contributed by atoms with van der Waals surface area (Å²) in [6.07, 6.45) is 5.21. The average molecular weight is 520 g/mol. The molecule has 32 heavy (non-hydrogen) atoms. The third-order valence-electron chi connectivity index (χ3n) is 4.59. The summed E-state index contributed by atoms with van der Waals surface area (Å²) in [5.41, 5.74) is 1.52. The highest BCUT2D eigenvalue weighted by atomic mass is 79.9. The van der Waals surface area contributed by atoms with E-state index in [1.165, 1.54) is 6.42 Å². The highest BCUT2D eigenvalue weighted by molar-refractivity contribution is 9.10. The lowest BCUT2D eigenvalue weighted by atomic mass is 10.2. The van der Waals surface area contributed by atoms with Gasteiger partial charge in [0.05, 0.1) is 12.2 Å². The predicted molar refractivity (Wildman–Crippen MR) is 137 cm³/mol. The number of ether oxygens (including phenoxy) is 1. The lowest BCUT2D eigenvalue weighted by Crippen LogP contribution is -2.34. The zero-order chi connectivity index (χ0) is 23.3. The normalized spacial score (nSPS) is 10.3. The van der Waals surface area contributed by atoms with Gasteiger partial charge < -0.3 is 15.4 Å². The minimum absolute atomic E-state index is 0.134. The molecule has 2 rings (SSSR count). The predicted octanol–water partition coefficient (Wildman–Crippen LogP) is 5.67. The Bertz CT molecular complexity index is 936. The second-order valence-electron chi connectivity index (χ2n) is 7.29. The lowest BCUT2D eigenvalue weighted by Gasteiger charge is -2.14. The van der Waals surface area contributed by atoms with Crippen molar-refractivity contribution in [2.24, 2.45) is 0 Å². The Morgan fingerprint density at radius 1 is 1.00 bits per heavy atom. The molecule has 2 aromatic carbocycles. The van der Waals surface area contributed by atoms with Crippen LogP contribution in [0.2, 0.25) is 0 Å². The molecule has 2 amide bonds. The van der Waals surface area contributed by atoms with Gasteiger partial charge >= 0.3 is 0 Å². The molecule has 0 fully saturated rings. The number of carbonyl (C=O) groups is 2. The van der Waals surface area contributed by atoms with Crippen molar-refractivity contribution in [3.05, 3.63) is 58.1 Å². The summed E-state index contributed by atoms with van der Waals surface area (Å²) in [5.74, 6) is -0.0101. The molecule has 0 atom stereocenters. The van der Waals surface area contributed by atoms with E-state index in [1.54, 1.807) is 36.4 Å². The van der Waals surface area contributed by atoms with Crippen molar-refractivity contribution >= 4 is 50.8 Å². The van der Waals surface area contributed by atoms with Crippen LogP contribution in [-0.4, -0.2) is 30.1 Å². The Balaban J connectivity index is 1.99. The molecule has 0 heterocycles. The minimum atomic E-state index is -0.371. The molecule has 0 aliphatic rings. The lowest BCUT2D eigenvalue weighted by molar-refractivity contribution is 0.0950. The van der Waals surface area contributed by atoms with Gasteiger partial charge in [-0.3, -0.25) is 14.9 Å². The molecule has 0 aliphatic heterocycles. The molecule has 0 aromatic heterocycles. The zero-order valence-corrected chi connectivity index (χ0v) is 20.9. The molecule has 0 spiro atoms. The third kappa shape index (κ3) is 8.59.